The molecule has 0 aromatic carbocycles. The highest BCUT2D eigenvalue weighted by Gasteiger charge is 2.03. The van der Waals surface area contributed by atoms with Crippen LogP contribution in [0, 0.1) is 12.8 Å². The van der Waals surface area contributed by atoms with Crippen molar-refractivity contribution in [2.75, 3.05) is 19.6 Å². The first-order valence-corrected chi connectivity index (χ1v) is 5.76. The molecule has 0 aromatic heterocycles. The normalized spacial score (nSPS) is 11.5. The fourth-order valence-electron chi connectivity index (χ4n) is 1.58. The van der Waals surface area contributed by atoms with Crippen molar-refractivity contribution < 1.29 is 0 Å². The van der Waals surface area contributed by atoms with Gasteiger partial charge in [-0.25, -0.2) is 0 Å². The lowest BCUT2D eigenvalue weighted by atomic mass is 10.1. The zero-order valence-corrected chi connectivity index (χ0v) is 9.68. The Hall–Kier alpha value is -0.0400. The van der Waals surface area contributed by atoms with E-state index in [0.717, 1.165) is 6.54 Å². The zero-order valence-electron chi connectivity index (χ0n) is 9.68. The maximum Gasteiger partial charge on any atom is 0.000690 e. The van der Waals surface area contributed by atoms with E-state index in [-0.39, 0.29) is 0 Å². The molecule has 1 unspecified atom stereocenters. The Morgan fingerprint density at radius 2 is 1.85 bits per heavy atom. The van der Waals surface area contributed by atoms with Gasteiger partial charge in [-0.1, -0.05) is 40.0 Å². The molecule has 79 valence electrons. The first-order valence-electron chi connectivity index (χ1n) is 5.76. The van der Waals surface area contributed by atoms with Gasteiger partial charge >= 0.3 is 0 Å². The van der Waals surface area contributed by atoms with Crippen molar-refractivity contribution in [3.63, 3.8) is 0 Å². The fraction of sp³-hybridized carbons (Fsp3) is 0.917. The molecule has 13 heavy (non-hydrogen) atoms. The van der Waals surface area contributed by atoms with Crippen LogP contribution < -0.4 is 0 Å². The Labute approximate surface area is 84.5 Å². The maximum absolute atomic E-state index is 4.03. The lowest BCUT2D eigenvalue weighted by Gasteiger charge is -2.22. The molecule has 0 N–H and O–H groups in total. The Bertz CT molecular complexity index is 99.3. The lowest BCUT2D eigenvalue weighted by molar-refractivity contribution is 0.259. The van der Waals surface area contributed by atoms with Crippen molar-refractivity contribution in [3.8, 4) is 0 Å². The third kappa shape index (κ3) is 8.29. The topological polar surface area (TPSA) is 3.24 Å². The molecule has 0 aromatic rings. The summed E-state index contributed by atoms with van der Waals surface area (Å²) >= 11 is 0. The molecule has 1 atom stereocenters. The van der Waals surface area contributed by atoms with Crippen LogP contribution in [0.3, 0.4) is 0 Å². The molecular formula is C12H26N. The summed E-state index contributed by atoms with van der Waals surface area (Å²) < 4.78 is 0. The van der Waals surface area contributed by atoms with E-state index in [4.69, 9.17) is 0 Å². The Kier molecular flexibility index (Phi) is 8.53. The first kappa shape index (κ1) is 13.0. The van der Waals surface area contributed by atoms with Crippen LogP contribution in [0.25, 0.3) is 0 Å². The maximum atomic E-state index is 4.03. The number of hydrogen-bond donors (Lipinski definition) is 0. The van der Waals surface area contributed by atoms with E-state index in [1.165, 1.54) is 38.8 Å². The molecule has 0 spiro atoms. The van der Waals surface area contributed by atoms with Crippen LogP contribution in [-0.2, 0) is 0 Å². The summed E-state index contributed by atoms with van der Waals surface area (Å²) in [5.74, 6) is 0.561. The molecule has 0 fully saturated rings. The minimum absolute atomic E-state index is 0.561. The average molecular weight is 184 g/mol. The molecular weight excluding hydrogens is 158 g/mol. The van der Waals surface area contributed by atoms with E-state index in [1.807, 2.05) is 0 Å². The number of rotatable bonds is 8. The van der Waals surface area contributed by atoms with E-state index in [9.17, 15) is 0 Å². The Morgan fingerprint density at radius 1 is 1.15 bits per heavy atom. The van der Waals surface area contributed by atoms with Crippen LogP contribution in [-0.4, -0.2) is 24.5 Å². The molecule has 0 bridgehead atoms. The van der Waals surface area contributed by atoms with Gasteiger partial charge in [-0.15, -0.1) is 0 Å². The molecule has 0 aliphatic heterocycles. The average Bonchev–Trinajstić information content (AvgIpc) is 2.09. The number of hydrogen-bond acceptors (Lipinski definition) is 1. The number of unbranched alkanes of at least 4 members (excludes halogenated alkanes) is 3. The van der Waals surface area contributed by atoms with Gasteiger partial charge in [0.05, 0.1) is 0 Å². The third-order valence-corrected chi connectivity index (χ3v) is 2.34. The van der Waals surface area contributed by atoms with Crippen LogP contribution in [0.15, 0.2) is 0 Å². The van der Waals surface area contributed by atoms with Crippen molar-refractivity contribution in [1.29, 1.82) is 0 Å². The highest BCUT2D eigenvalue weighted by atomic mass is 15.1. The van der Waals surface area contributed by atoms with E-state index in [1.54, 1.807) is 0 Å². The molecule has 0 aliphatic carbocycles. The van der Waals surface area contributed by atoms with E-state index < -0.39 is 0 Å². The number of nitrogens with zero attached hydrogens (tertiary/aromatic N) is 1. The summed E-state index contributed by atoms with van der Waals surface area (Å²) in [4.78, 5) is 2.51. The van der Waals surface area contributed by atoms with Gasteiger partial charge in [0.2, 0.25) is 0 Å². The van der Waals surface area contributed by atoms with E-state index >= 15 is 0 Å². The van der Waals surface area contributed by atoms with Gasteiger partial charge in [-0.05, 0) is 32.4 Å². The standard InChI is InChI=1S/C12H26N/c1-5-7-8-9-10-13(6-2)11-12(3)4/h12H,3,5-11H2,1-2,4H3. The second-order valence-corrected chi connectivity index (χ2v) is 4.06. The minimum Gasteiger partial charge on any atom is -0.303 e. The monoisotopic (exact) mass is 184 g/mol. The van der Waals surface area contributed by atoms with Crippen molar-refractivity contribution in [1.82, 2.24) is 4.90 Å². The summed E-state index contributed by atoms with van der Waals surface area (Å²) in [7, 11) is 0. The van der Waals surface area contributed by atoms with Crippen molar-refractivity contribution >= 4 is 0 Å². The predicted molar refractivity (Wildman–Crippen MR) is 60.8 cm³/mol. The lowest BCUT2D eigenvalue weighted by Crippen LogP contribution is -2.28. The molecule has 0 heterocycles. The van der Waals surface area contributed by atoms with Gasteiger partial charge in [0, 0.05) is 6.54 Å². The van der Waals surface area contributed by atoms with Gasteiger partial charge in [0.1, 0.15) is 0 Å². The second-order valence-electron chi connectivity index (χ2n) is 4.06. The summed E-state index contributed by atoms with van der Waals surface area (Å²) in [6, 6.07) is 0. The second kappa shape index (κ2) is 8.55. The summed E-state index contributed by atoms with van der Waals surface area (Å²) in [6.45, 7) is 14.3. The van der Waals surface area contributed by atoms with Crippen LogP contribution in [0.5, 0.6) is 0 Å². The third-order valence-electron chi connectivity index (χ3n) is 2.34. The summed E-state index contributed by atoms with van der Waals surface area (Å²) in [5.41, 5.74) is 0. The van der Waals surface area contributed by atoms with Gasteiger partial charge < -0.3 is 4.90 Å². The Morgan fingerprint density at radius 3 is 2.31 bits per heavy atom. The van der Waals surface area contributed by atoms with Gasteiger partial charge in [-0.3, -0.25) is 0 Å². The molecule has 1 heteroatoms. The van der Waals surface area contributed by atoms with Crippen LogP contribution in [0.4, 0.5) is 0 Å². The largest absolute Gasteiger partial charge is 0.303 e. The van der Waals surface area contributed by atoms with Crippen LogP contribution in [0.1, 0.15) is 46.5 Å². The van der Waals surface area contributed by atoms with Crippen LogP contribution in [0.2, 0.25) is 0 Å². The SMILES string of the molecule is [CH2]C(C)CN(CC)CCCCCC. The first-order chi connectivity index (χ1) is 6.20. The van der Waals surface area contributed by atoms with Crippen molar-refractivity contribution in [2.45, 2.75) is 46.5 Å². The fourth-order valence-corrected chi connectivity index (χ4v) is 1.58. The van der Waals surface area contributed by atoms with Crippen molar-refractivity contribution in [3.05, 3.63) is 6.92 Å². The predicted octanol–water partition coefficient (Wildman–Crippen LogP) is 3.36. The summed E-state index contributed by atoms with van der Waals surface area (Å²) in [5, 5.41) is 0. The molecule has 0 aliphatic rings. The van der Waals surface area contributed by atoms with E-state index in [2.05, 4.69) is 32.6 Å². The van der Waals surface area contributed by atoms with Gasteiger partial charge in [0.25, 0.3) is 0 Å². The molecule has 1 radical (unpaired) electrons. The molecule has 1 nitrogen and oxygen atoms in total. The van der Waals surface area contributed by atoms with Gasteiger partial charge in [0.15, 0.2) is 0 Å². The molecule has 0 rings (SSSR count). The molecule has 0 amide bonds. The zero-order chi connectivity index (χ0) is 10.1. The molecule has 0 saturated carbocycles. The summed E-state index contributed by atoms with van der Waals surface area (Å²) in [6.07, 6.45) is 5.46. The quantitative estimate of drug-likeness (QED) is 0.523. The minimum atomic E-state index is 0.561. The Balaban J connectivity index is 3.36. The van der Waals surface area contributed by atoms with Crippen LogP contribution >= 0.6 is 0 Å². The van der Waals surface area contributed by atoms with Gasteiger partial charge in [-0.2, -0.15) is 0 Å². The van der Waals surface area contributed by atoms with Crippen molar-refractivity contribution in [2.24, 2.45) is 5.92 Å². The molecule has 0 saturated heterocycles. The smallest absolute Gasteiger partial charge is 0.000690 e. The van der Waals surface area contributed by atoms with E-state index in [0.29, 0.717) is 5.92 Å². The highest BCUT2D eigenvalue weighted by Crippen LogP contribution is 2.03. The highest BCUT2D eigenvalue weighted by molar-refractivity contribution is 4.62.